The molecule has 112 valence electrons. The fourth-order valence-corrected chi connectivity index (χ4v) is 4.18. The molecule has 1 N–H and O–H groups in total. The summed E-state index contributed by atoms with van der Waals surface area (Å²) in [6.07, 6.45) is 4.78. The predicted molar refractivity (Wildman–Crippen MR) is 76.2 cm³/mol. The molecule has 2 aliphatic heterocycles. The molecule has 3 unspecified atom stereocenters. The molecule has 2 heterocycles. The lowest BCUT2D eigenvalue weighted by atomic mass is 9.69. The van der Waals surface area contributed by atoms with Crippen molar-refractivity contribution >= 4 is 0 Å². The Labute approximate surface area is 117 Å². The third-order valence-electron chi connectivity index (χ3n) is 4.80. The van der Waals surface area contributed by atoms with Crippen molar-refractivity contribution in [2.24, 2.45) is 5.92 Å². The Kier molecular flexibility index (Phi) is 4.03. The summed E-state index contributed by atoms with van der Waals surface area (Å²) < 4.78 is 12.0. The maximum atomic E-state index is 11.2. The average Bonchev–Trinajstić information content (AvgIpc) is 2.48. The van der Waals surface area contributed by atoms with E-state index in [1.165, 1.54) is 0 Å². The van der Waals surface area contributed by atoms with E-state index in [1.54, 1.807) is 0 Å². The molecule has 3 atom stereocenters. The van der Waals surface area contributed by atoms with Crippen LogP contribution in [0.25, 0.3) is 0 Å². The van der Waals surface area contributed by atoms with Crippen LogP contribution in [0.5, 0.6) is 0 Å². The molecule has 3 nitrogen and oxygen atoms in total. The molecule has 0 spiro atoms. The molecule has 2 aliphatic rings. The molecule has 0 aromatic carbocycles. The van der Waals surface area contributed by atoms with E-state index in [4.69, 9.17) is 9.47 Å². The first-order chi connectivity index (χ1) is 8.69. The molecule has 0 amide bonds. The van der Waals surface area contributed by atoms with Crippen LogP contribution < -0.4 is 0 Å². The van der Waals surface area contributed by atoms with Gasteiger partial charge in [0.15, 0.2) is 0 Å². The maximum Gasteiger partial charge on any atom is 0.0750 e. The van der Waals surface area contributed by atoms with Crippen LogP contribution in [0.4, 0.5) is 0 Å². The number of hydrogen-bond acceptors (Lipinski definition) is 3. The van der Waals surface area contributed by atoms with Gasteiger partial charge in [-0.25, -0.2) is 0 Å². The smallest absolute Gasteiger partial charge is 0.0750 e. The van der Waals surface area contributed by atoms with Gasteiger partial charge < -0.3 is 14.6 Å². The van der Waals surface area contributed by atoms with E-state index >= 15 is 0 Å². The summed E-state index contributed by atoms with van der Waals surface area (Å²) >= 11 is 0. The van der Waals surface area contributed by atoms with Gasteiger partial charge in [0.2, 0.25) is 0 Å². The molecule has 2 saturated heterocycles. The maximum absolute atomic E-state index is 11.2. The molecule has 0 radical (unpaired) electrons. The van der Waals surface area contributed by atoms with Gasteiger partial charge in [-0.05, 0) is 47.0 Å². The van der Waals surface area contributed by atoms with E-state index in [0.29, 0.717) is 6.61 Å². The number of rotatable bonds is 3. The Bertz CT molecular complexity index is 322. The SMILES string of the molecule is CCCC1CC(O)(C2CC(C)(C)OC2(C)C)CCO1. The van der Waals surface area contributed by atoms with Crippen LogP contribution in [0.1, 0.15) is 66.7 Å². The molecular formula is C16H30O3. The van der Waals surface area contributed by atoms with E-state index in [2.05, 4.69) is 34.6 Å². The van der Waals surface area contributed by atoms with Gasteiger partial charge in [-0.1, -0.05) is 13.3 Å². The third-order valence-corrected chi connectivity index (χ3v) is 4.80. The van der Waals surface area contributed by atoms with Crippen LogP contribution in [-0.2, 0) is 9.47 Å². The van der Waals surface area contributed by atoms with E-state index in [1.807, 2.05) is 0 Å². The van der Waals surface area contributed by atoms with Gasteiger partial charge in [0.05, 0.1) is 22.9 Å². The van der Waals surface area contributed by atoms with E-state index in [9.17, 15) is 5.11 Å². The summed E-state index contributed by atoms with van der Waals surface area (Å²) in [7, 11) is 0. The van der Waals surface area contributed by atoms with Gasteiger partial charge >= 0.3 is 0 Å². The van der Waals surface area contributed by atoms with Crippen molar-refractivity contribution in [1.29, 1.82) is 0 Å². The zero-order valence-electron chi connectivity index (χ0n) is 13.2. The molecule has 0 aromatic heterocycles. The highest BCUT2D eigenvalue weighted by molar-refractivity contribution is 5.05. The highest BCUT2D eigenvalue weighted by Crippen LogP contribution is 2.50. The standard InChI is InChI=1S/C16H30O3/c1-6-7-12-10-16(17,8-9-18-12)13-11-14(2,3)19-15(13,4)5/h12-13,17H,6-11H2,1-5H3. The quantitative estimate of drug-likeness (QED) is 0.855. The van der Waals surface area contributed by atoms with E-state index < -0.39 is 5.60 Å². The molecule has 0 aliphatic carbocycles. The van der Waals surface area contributed by atoms with Crippen molar-refractivity contribution in [3.8, 4) is 0 Å². The molecule has 3 heteroatoms. The zero-order valence-corrected chi connectivity index (χ0v) is 13.2. The summed E-state index contributed by atoms with van der Waals surface area (Å²) in [5.74, 6) is 0.193. The third kappa shape index (κ3) is 3.14. The normalized spacial score (nSPS) is 41.4. The minimum atomic E-state index is -0.630. The minimum absolute atomic E-state index is 0.136. The number of aliphatic hydroxyl groups is 1. The van der Waals surface area contributed by atoms with Crippen LogP contribution in [0, 0.1) is 5.92 Å². The second-order valence-electron chi connectivity index (χ2n) is 7.56. The Morgan fingerprint density at radius 3 is 2.37 bits per heavy atom. The van der Waals surface area contributed by atoms with Crippen LogP contribution in [0.3, 0.4) is 0 Å². The fraction of sp³-hybridized carbons (Fsp3) is 1.00. The number of hydrogen-bond donors (Lipinski definition) is 1. The molecule has 2 fully saturated rings. The molecule has 19 heavy (non-hydrogen) atoms. The van der Waals surface area contributed by atoms with Crippen molar-refractivity contribution in [2.45, 2.75) is 89.6 Å². The topological polar surface area (TPSA) is 38.7 Å². The van der Waals surface area contributed by atoms with Crippen LogP contribution >= 0.6 is 0 Å². The second kappa shape index (κ2) is 5.01. The van der Waals surface area contributed by atoms with Crippen LogP contribution in [0.15, 0.2) is 0 Å². The van der Waals surface area contributed by atoms with Gasteiger partial charge in [0, 0.05) is 18.9 Å². The van der Waals surface area contributed by atoms with Crippen molar-refractivity contribution < 1.29 is 14.6 Å². The monoisotopic (exact) mass is 270 g/mol. The molecule has 2 rings (SSSR count). The first-order valence-corrected chi connectivity index (χ1v) is 7.73. The number of ether oxygens (including phenoxy) is 2. The average molecular weight is 270 g/mol. The zero-order chi connectivity index (χ0) is 14.3. The highest BCUT2D eigenvalue weighted by atomic mass is 16.5. The Hall–Kier alpha value is -0.120. The lowest BCUT2D eigenvalue weighted by Gasteiger charge is -2.45. The summed E-state index contributed by atoms with van der Waals surface area (Å²) in [5, 5.41) is 11.2. The van der Waals surface area contributed by atoms with Crippen molar-refractivity contribution in [3.05, 3.63) is 0 Å². The molecule has 0 bridgehead atoms. The van der Waals surface area contributed by atoms with Gasteiger partial charge in [-0.2, -0.15) is 0 Å². The predicted octanol–water partition coefficient (Wildman–Crippen LogP) is 3.29. The second-order valence-corrected chi connectivity index (χ2v) is 7.56. The van der Waals surface area contributed by atoms with Crippen molar-refractivity contribution in [2.75, 3.05) is 6.61 Å². The van der Waals surface area contributed by atoms with Gasteiger partial charge in [0.1, 0.15) is 0 Å². The highest BCUT2D eigenvalue weighted by Gasteiger charge is 2.56. The Balaban J connectivity index is 2.15. The van der Waals surface area contributed by atoms with E-state index in [0.717, 1.165) is 32.1 Å². The summed E-state index contributed by atoms with van der Waals surface area (Å²) in [6.45, 7) is 11.3. The van der Waals surface area contributed by atoms with Crippen LogP contribution in [-0.4, -0.2) is 34.6 Å². The van der Waals surface area contributed by atoms with Crippen molar-refractivity contribution in [1.82, 2.24) is 0 Å². The van der Waals surface area contributed by atoms with Gasteiger partial charge in [-0.15, -0.1) is 0 Å². The summed E-state index contributed by atoms with van der Waals surface area (Å²) in [4.78, 5) is 0. The molecule has 0 aromatic rings. The minimum Gasteiger partial charge on any atom is -0.389 e. The fourth-order valence-electron chi connectivity index (χ4n) is 4.18. The first kappa shape index (κ1) is 15.3. The van der Waals surface area contributed by atoms with Crippen LogP contribution in [0.2, 0.25) is 0 Å². The first-order valence-electron chi connectivity index (χ1n) is 7.73. The van der Waals surface area contributed by atoms with Gasteiger partial charge in [-0.3, -0.25) is 0 Å². The largest absolute Gasteiger partial charge is 0.389 e. The molecular weight excluding hydrogens is 240 g/mol. The van der Waals surface area contributed by atoms with Crippen molar-refractivity contribution in [3.63, 3.8) is 0 Å². The Morgan fingerprint density at radius 1 is 1.16 bits per heavy atom. The Morgan fingerprint density at radius 2 is 1.84 bits per heavy atom. The summed E-state index contributed by atoms with van der Waals surface area (Å²) in [5.41, 5.74) is -1.02. The molecule has 0 saturated carbocycles. The van der Waals surface area contributed by atoms with Gasteiger partial charge in [0.25, 0.3) is 0 Å². The lowest BCUT2D eigenvalue weighted by molar-refractivity contribution is -0.163. The lowest BCUT2D eigenvalue weighted by Crippen LogP contribution is -2.52. The van der Waals surface area contributed by atoms with E-state index in [-0.39, 0.29) is 23.2 Å². The summed E-state index contributed by atoms with van der Waals surface area (Å²) in [6, 6.07) is 0.